The lowest BCUT2D eigenvalue weighted by Gasteiger charge is -2.14. The molecule has 2 aromatic rings. The molecule has 0 aliphatic carbocycles. The summed E-state index contributed by atoms with van der Waals surface area (Å²) in [5, 5.41) is 6.48. The molecule has 2 rings (SSSR count). The first kappa shape index (κ1) is 15.7. The molecule has 0 aliphatic rings. The lowest BCUT2D eigenvalue weighted by Crippen LogP contribution is -2.20. The average Bonchev–Trinajstić information content (AvgIpc) is 2.43. The van der Waals surface area contributed by atoms with E-state index in [-0.39, 0.29) is 6.03 Å². The number of halogens is 2. The quantitative estimate of drug-likeness (QED) is 0.740. The summed E-state index contributed by atoms with van der Waals surface area (Å²) in [6.45, 7) is 4.15. The van der Waals surface area contributed by atoms with Gasteiger partial charge in [0.15, 0.2) is 0 Å². The van der Waals surface area contributed by atoms with E-state index in [4.69, 9.17) is 23.2 Å². The highest BCUT2D eigenvalue weighted by Gasteiger charge is 2.10. The summed E-state index contributed by atoms with van der Waals surface area (Å²) < 4.78 is 0. The molecular weight excluding hydrogens is 307 g/mol. The van der Waals surface area contributed by atoms with Crippen LogP contribution in [0, 0.1) is 0 Å². The van der Waals surface area contributed by atoms with E-state index in [2.05, 4.69) is 24.5 Å². The Hall–Kier alpha value is -1.71. The minimum absolute atomic E-state index is 0.316. The fraction of sp³-hybridized carbons (Fsp3) is 0.188. The smallest absolute Gasteiger partial charge is 0.307 e. The van der Waals surface area contributed by atoms with Crippen LogP contribution >= 0.6 is 23.2 Å². The minimum Gasteiger partial charge on any atom is -0.307 e. The number of anilines is 2. The Balaban J connectivity index is 2.14. The number of carbonyl (C=O) groups is 1. The highest BCUT2D eigenvalue weighted by atomic mass is 35.5. The molecule has 0 unspecified atom stereocenters. The van der Waals surface area contributed by atoms with Crippen molar-refractivity contribution in [3.8, 4) is 0 Å². The SMILES string of the molecule is CC(C)c1ccccc1NC(=O)Nc1cc(Cl)ccc1Cl. The van der Waals surface area contributed by atoms with Crippen molar-refractivity contribution >= 4 is 40.6 Å². The Morgan fingerprint density at radius 2 is 1.67 bits per heavy atom. The summed E-state index contributed by atoms with van der Waals surface area (Å²) in [6, 6.07) is 12.3. The number of urea groups is 1. The van der Waals surface area contributed by atoms with Gasteiger partial charge < -0.3 is 10.6 Å². The molecule has 21 heavy (non-hydrogen) atoms. The lowest BCUT2D eigenvalue weighted by molar-refractivity contribution is 0.262. The van der Waals surface area contributed by atoms with E-state index >= 15 is 0 Å². The molecule has 0 saturated heterocycles. The number of hydrogen-bond acceptors (Lipinski definition) is 1. The highest BCUT2D eigenvalue weighted by molar-refractivity contribution is 6.35. The molecule has 0 atom stereocenters. The van der Waals surface area contributed by atoms with Gasteiger partial charge in [0.1, 0.15) is 0 Å². The van der Waals surface area contributed by atoms with Crippen LogP contribution in [0.4, 0.5) is 16.2 Å². The summed E-state index contributed by atoms with van der Waals surface area (Å²) in [7, 11) is 0. The molecule has 0 saturated carbocycles. The van der Waals surface area contributed by atoms with Crippen LogP contribution in [0.5, 0.6) is 0 Å². The van der Waals surface area contributed by atoms with Gasteiger partial charge in [-0.05, 0) is 35.7 Å². The van der Waals surface area contributed by atoms with Gasteiger partial charge in [0.2, 0.25) is 0 Å². The van der Waals surface area contributed by atoms with E-state index in [0.717, 1.165) is 11.3 Å². The zero-order chi connectivity index (χ0) is 15.4. The zero-order valence-corrected chi connectivity index (χ0v) is 13.3. The van der Waals surface area contributed by atoms with E-state index in [1.54, 1.807) is 18.2 Å². The molecule has 3 nitrogen and oxygen atoms in total. The van der Waals surface area contributed by atoms with Gasteiger partial charge in [0.25, 0.3) is 0 Å². The Kier molecular flexibility index (Phi) is 5.10. The van der Waals surface area contributed by atoms with Gasteiger partial charge in [0.05, 0.1) is 10.7 Å². The number of carbonyl (C=O) groups excluding carboxylic acids is 1. The molecule has 5 heteroatoms. The lowest BCUT2D eigenvalue weighted by atomic mass is 10.0. The molecule has 2 N–H and O–H groups in total. The van der Waals surface area contributed by atoms with Crippen molar-refractivity contribution in [2.45, 2.75) is 19.8 Å². The predicted octanol–water partition coefficient (Wildman–Crippen LogP) is 5.76. The van der Waals surface area contributed by atoms with Crippen LogP contribution < -0.4 is 10.6 Å². The molecule has 0 heterocycles. The van der Waals surface area contributed by atoms with Crippen molar-refractivity contribution in [3.05, 3.63) is 58.1 Å². The fourth-order valence-electron chi connectivity index (χ4n) is 1.98. The molecule has 0 radical (unpaired) electrons. The summed E-state index contributed by atoms with van der Waals surface area (Å²) >= 11 is 11.9. The van der Waals surface area contributed by atoms with Crippen LogP contribution in [0.2, 0.25) is 10.0 Å². The van der Waals surface area contributed by atoms with Crippen LogP contribution in [-0.4, -0.2) is 6.03 Å². The van der Waals surface area contributed by atoms with Gasteiger partial charge in [-0.2, -0.15) is 0 Å². The second-order valence-electron chi connectivity index (χ2n) is 4.95. The number of benzene rings is 2. The van der Waals surface area contributed by atoms with E-state index in [1.807, 2.05) is 24.3 Å². The van der Waals surface area contributed by atoms with Crippen molar-refractivity contribution < 1.29 is 4.79 Å². The third kappa shape index (κ3) is 4.13. The molecule has 0 fully saturated rings. The van der Waals surface area contributed by atoms with Crippen LogP contribution in [0.15, 0.2) is 42.5 Å². The van der Waals surface area contributed by atoms with Crippen molar-refractivity contribution in [1.82, 2.24) is 0 Å². The van der Waals surface area contributed by atoms with Crippen LogP contribution in [0.25, 0.3) is 0 Å². The van der Waals surface area contributed by atoms with Gasteiger partial charge in [-0.1, -0.05) is 55.2 Å². The predicted molar refractivity (Wildman–Crippen MR) is 89.6 cm³/mol. The molecule has 2 amide bonds. The Bertz CT molecular complexity index is 656. The number of para-hydroxylation sites is 1. The highest BCUT2D eigenvalue weighted by Crippen LogP contribution is 2.27. The average molecular weight is 323 g/mol. The summed E-state index contributed by atoms with van der Waals surface area (Å²) in [6.07, 6.45) is 0. The van der Waals surface area contributed by atoms with Gasteiger partial charge in [0, 0.05) is 10.7 Å². The molecule has 0 bridgehead atoms. The normalized spacial score (nSPS) is 10.5. The maximum atomic E-state index is 12.1. The standard InChI is InChI=1S/C16H16Cl2N2O/c1-10(2)12-5-3-4-6-14(12)19-16(21)20-15-9-11(17)7-8-13(15)18/h3-10H,1-2H3,(H2,19,20,21). The van der Waals surface area contributed by atoms with Gasteiger partial charge in [-0.25, -0.2) is 4.79 Å². The first-order chi connectivity index (χ1) is 9.97. The fourth-order valence-corrected chi connectivity index (χ4v) is 2.32. The zero-order valence-electron chi connectivity index (χ0n) is 11.8. The van der Waals surface area contributed by atoms with Crippen molar-refractivity contribution in [3.63, 3.8) is 0 Å². The van der Waals surface area contributed by atoms with Gasteiger partial charge >= 0.3 is 6.03 Å². The monoisotopic (exact) mass is 322 g/mol. The molecule has 0 aromatic heterocycles. The molecule has 2 aromatic carbocycles. The number of hydrogen-bond donors (Lipinski definition) is 2. The molecular formula is C16H16Cl2N2O. The third-order valence-electron chi connectivity index (χ3n) is 3.01. The topological polar surface area (TPSA) is 41.1 Å². The van der Waals surface area contributed by atoms with Crippen molar-refractivity contribution in [2.75, 3.05) is 10.6 Å². The molecule has 110 valence electrons. The van der Waals surface area contributed by atoms with E-state index in [9.17, 15) is 4.79 Å². The number of amides is 2. The largest absolute Gasteiger partial charge is 0.323 e. The maximum Gasteiger partial charge on any atom is 0.323 e. The summed E-state index contributed by atoms with van der Waals surface area (Å²) in [5.74, 6) is 0.316. The van der Waals surface area contributed by atoms with E-state index in [0.29, 0.717) is 21.7 Å². The second kappa shape index (κ2) is 6.83. The summed E-state index contributed by atoms with van der Waals surface area (Å²) in [5.41, 5.74) is 2.33. The number of rotatable bonds is 3. The van der Waals surface area contributed by atoms with Gasteiger partial charge in [-0.15, -0.1) is 0 Å². The minimum atomic E-state index is -0.354. The Morgan fingerprint density at radius 1 is 1.00 bits per heavy atom. The van der Waals surface area contributed by atoms with Crippen molar-refractivity contribution in [2.24, 2.45) is 0 Å². The summed E-state index contributed by atoms with van der Waals surface area (Å²) in [4.78, 5) is 12.1. The van der Waals surface area contributed by atoms with Crippen LogP contribution in [0.1, 0.15) is 25.3 Å². The third-order valence-corrected chi connectivity index (χ3v) is 3.57. The number of nitrogens with one attached hydrogen (secondary N) is 2. The van der Waals surface area contributed by atoms with Crippen LogP contribution in [-0.2, 0) is 0 Å². The first-order valence-electron chi connectivity index (χ1n) is 6.59. The second-order valence-corrected chi connectivity index (χ2v) is 5.79. The van der Waals surface area contributed by atoms with E-state index < -0.39 is 0 Å². The van der Waals surface area contributed by atoms with Crippen LogP contribution in [0.3, 0.4) is 0 Å². The molecule has 0 aliphatic heterocycles. The Labute approximate surface area is 134 Å². The first-order valence-corrected chi connectivity index (χ1v) is 7.35. The Morgan fingerprint density at radius 3 is 2.38 bits per heavy atom. The molecule has 0 spiro atoms. The van der Waals surface area contributed by atoms with Gasteiger partial charge in [-0.3, -0.25) is 0 Å². The van der Waals surface area contributed by atoms with E-state index in [1.165, 1.54) is 0 Å². The van der Waals surface area contributed by atoms with Crippen molar-refractivity contribution in [1.29, 1.82) is 0 Å². The maximum absolute atomic E-state index is 12.1.